The number of piperidine rings is 1. The van der Waals surface area contributed by atoms with Gasteiger partial charge in [-0.15, -0.1) is 0 Å². The number of likely N-dealkylation sites (tertiary alicyclic amines) is 1. The molecule has 0 N–H and O–H groups in total. The number of amides is 1. The van der Waals surface area contributed by atoms with Gasteiger partial charge in [0.1, 0.15) is 12.6 Å². The summed E-state index contributed by atoms with van der Waals surface area (Å²) < 4.78 is 10.2. The molecule has 0 bridgehead atoms. The second kappa shape index (κ2) is 7.99. The molecule has 0 saturated carbocycles. The Hall–Kier alpha value is -2.04. The highest BCUT2D eigenvalue weighted by Crippen LogP contribution is 2.29. The first-order valence-electron chi connectivity index (χ1n) is 8.08. The molecule has 1 saturated heterocycles. The lowest BCUT2D eigenvalue weighted by Crippen LogP contribution is -2.51. The van der Waals surface area contributed by atoms with Crippen LogP contribution in [0.4, 0.5) is 4.79 Å². The highest BCUT2D eigenvalue weighted by molar-refractivity contribution is 5.81. The van der Waals surface area contributed by atoms with Gasteiger partial charge in [0.25, 0.3) is 0 Å². The number of benzene rings is 1. The van der Waals surface area contributed by atoms with E-state index in [1.807, 2.05) is 30.3 Å². The molecular weight excluding hydrogens is 294 g/mol. The zero-order valence-electron chi connectivity index (χ0n) is 14.0. The van der Waals surface area contributed by atoms with E-state index in [9.17, 15) is 9.59 Å². The summed E-state index contributed by atoms with van der Waals surface area (Å²) in [6.07, 6.45) is 1.06. The van der Waals surface area contributed by atoms with Crippen LogP contribution in [0.25, 0.3) is 0 Å². The molecule has 1 fully saturated rings. The van der Waals surface area contributed by atoms with Crippen LogP contribution in [0.1, 0.15) is 32.3 Å². The van der Waals surface area contributed by atoms with E-state index >= 15 is 0 Å². The zero-order valence-corrected chi connectivity index (χ0v) is 14.0. The lowest BCUT2D eigenvalue weighted by atomic mass is 9.83. The second-order valence-corrected chi connectivity index (χ2v) is 6.30. The van der Waals surface area contributed by atoms with Gasteiger partial charge in [0.15, 0.2) is 0 Å². The van der Waals surface area contributed by atoms with Crippen molar-refractivity contribution in [3.63, 3.8) is 0 Å². The first-order chi connectivity index (χ1) is 11.0. The monoisotopic (exact) mass is 319 g/mol. The number of rotatable bonds is 4. The van der Waals surface area contributed by atoms with Gasteiger partial charge < -0.3 is 9.47 Å². The molecular formula is C18H25NO4. The van der Waals surface area contributed by atoms with E-state index in [-0.39, 0.29) is 12.6 Å². The third-order valence-electron chi connectivity index (χ3n) is 4.50. The normalized spacial score (nSPS) is 21.1. The highest BCUT2D eigenvalue weighted by Gasteiger charge is 2.38. The Balaban J connectivity index is 2.00. The van der Waals surface area contributed by atoms with E-state index in [1.54, 1.807) is 0 Å². The van der Waals surface area contributed by atoms with Gasteiger partial charge in [0.2, 0.25) is 0 Å². The molecule has 5 nitrogen and oxygen atoms in total. The topological polar surface area (TPSA) is 55.8 Å². The lowest BCUT2D eigenvalue weighted by molar-refractivity contribution is -0.148. The van der Waals surface area contributed by atoms with Gasteiger partial charge in [0.05, 0.1) is 7.11 Å². The Labute approximate surface area is 137 Å². The molecule has 1 heterocycles. The van der Waals surface area contributed by atoms with Crippen molar-refractivity contribution in [3.05, 3.63) is 35.9 Å². The van der Waals surface area contributed by atoms with E-state index in [0.29, 0.717) is 24.8 Å². The van der Waals surface area contributed by atoms with Crippen molar-refractivity contribution in [2.75, 3.05) is 13.7 Å². The Bertz CT molecular complexity index is 529. The summed E-state index contributed by atoms with van der Waals surface area (Å²) >= 11 is 0. The number of ether oxygens (including phenoxy) is 2. The van der Waals surface area contributed by atoms with Crippen molar-refractivity contribution in [3.8, 4) is 0 Å². The number of esters is 1. The van der Waals surface area contributed by atoms with Crippen LogP contribution in [-0.4, -0.2) is 36.7 Å². The van der Waals surface area contributed by atoms with Crippen LogP contribution in [0, 0.1) is 11.8 Å². The average molecular weight is 319 g/mol. The minimum atomic E-state index is -0.551. The van der Waals surface area contributed by atoms with Gasteiger partial charge in [-0.25, -0.2) is 9.59 Å². The van der Waals surface area contributed by atoms with Crippen LogP contribution in [0.5, 0.6) is 0 Å². The maximum atomic E-state index is 12.4. The van der Waals surface area contributed by atoms with Crippen molar-refractivity contribution in [2.45, 2.75) is 39.3 Å². The molecule has 1 aromatic rings. The van der Waals surface area contributed by atoms with Crippen LogP contribution in [-0.2, 0) is 20.9 Å². The fourth-order valence-corrected chi connectivity index (χ4v) is 2.98. The number of methoxy groups -OCH3 is 1. The summed E-state index contributed by atoms with van der Waals surface area (Å²) in [5.74, 6) is 0.522. The largest absolute Gasteiger partial charge is 0.467 e. The molecule has 0 unspecified atom stereocenters. The molecule has 1 aliphatic heterocycles. The molecule has 1 aromatic carbocycles. The standard InChI is InChI=1S/C18H25NO4/c1-13(2)15-9-10-19(16(11-15)17(20)22-3)18(21)23-12-14-7-5-4-6-8-14/h4-8,13,15-16H,9-12H2,1-3H3/t15-,16-/m0/s1. The predicted octanol–water partition coefficient (Wildman–Crippen LogP) is 3.23. The predicted molar refractivity (Wildman–Crippen MR) is 86.7 cm³/mol. The maximum absolute atomic E-state index is 12.4. The molecule has 126 valence electrons. The summed E-state index contributed by atoms with van der Waals surface area (Å²) in [4.78, 5) is 25.9. The second-order valence-electron chi connectivity index (χ2n) is 6.30. The van der Waals surface area contributed by atoms with Gasteiger partial charge in [0, 0.05) is 6.54 Å². The Morgan fingerprint density at radius 1 is 1.26 bits per heavy atom. The lowest BCUT2D eigenvalue weighted by Gasteiger charge is -2.38. The summed E-state index contributed by atoms with van der Waals surface area (Å²) in [6, 6.07) is 8.95. The molecule has 1 aliphatic rings. The third kappa shape index (κ3) is 4.47. The SMILES string of the molecule is COC(=O)[C@@H]1C[C@@H](C(C)C)CCN1C(=O)OCc1ccccc1. The van der Waals surface area contributed by atoms with Gasteiger partial charge in [-0.1, -0.05) is 44.2 Å². The van der Waals surface area contributed by atoms with E-state index in [0.717, 1.165) is 12.0 Å². The van der Waals surface area contributed by atoms with Crippen LogP contribution in [0.15, 0.2) is 30.3 Å². The quantitative estimate of drug-likeness (QED) is 0.800. The summed E-state index contributed by atoms with van der Waals surface area (Å²) in [6.45, 7) is 5.01. The average Bonchev–Trinajstić information content (AvgIpc) is 2.59. The molecule has 23 heavy (non-hydrogen) atoms. The van der Waals surface area contributed by atoms with Crippen molar-refractivity contribution in [1.82, 2.24) is 4.90 Å². The van der Waals surface area contributed by atoms with E-state index in [4.69, 9.17) is 9.47 Å². The highest BCUT2D eigenvalue weighted by atomic mass is 16.6. The van der Waals surface area contributed by atoms with E-state index in [1.165, 1.54) is 12.0 Å². The van der Waals surface area contributed by atoms with E-state index < -0.39 is 12.1 Å². The third-order valence-corrected chi connectivity index (χ3v) is 4.50. The van der Waals surface area contributed by atoms with Crippen molar-refractivity contribution in [1.29, 1.82) is 0 Å². The number of hydrogen-bond donors (Lipinski definition) is 0. The first kappa shape index (κ1) is 17.3. The van der Waals surface area contributed by atoms with Crippen LogP contribution < -0.4 is 0 Å². The Kier molecular flexibility index (Phi) is 6.02. The first-order valence-corrected chi connectivity index (χ1v) is 8.08. The van der Waals surface area contributed by atoms with Crippen molar-refractivity contribution >= 4 is 12.1 Å². The van der Waals surface area contributed by atoms with Gasteiger partial charge >= 0.3 is 12.1 Å². The number of hydrogen-bond acceptors (Lipinski definition) is 4. The van der Waals surface area contributed by atoms with Gasteiger partial charge in [-0.05, 0) is 30.2 Å². The zero-order chi connectivity index (χ0) is 16.8. The molecule has 0 aliphatic carbocycles. The fraction of sp³-hybridized carbons (Fsp3) is 0.556. The maximum Gasteiger partial charge on any atom is 0.410 e. The number of nitrogens with zero attached hydrogens (tertiary/aromatic N) is 1. The molecule has 0 aromatic heterocycles. The summed E-state index contributed by atoms with van der Waals surface area (Å²) in [5.41, 5.74) is 0.924. The summed E-state index contributed by atoms with van der Waals surface area (Å²) in [7, 11) is 1.36. The minimum Gasteiger partial charge on any atom is -0.467 e. The molecule has 0 radical (unpaired) electrons. The fourth-order valence-electron chi connectivity index (χ4n) is 2.98. The summed E-state index contributed by atoms with van der Waals surface area (Å²) in [5, 5.41) is 0. The number of carbonyl (C=O) groups is 2. The molecule has 2 atom stereocenters. The van der Waals surface area contributed by atoms with E-state index in [2.05, 4.69) is 13.8 Å². The molecule has 1 amide bonds. The molecule has 5 heteroatoms. The van der Waals surface area contributed by atoms with Crippen LogP contribution in [0.2, 0.25) is 0 Å². The Morgan fingerprint density at radius 3 is 2.57 bits per heavy atom. The van der Waals surface area contributed by atoms with Crippen molar-refractivity contribution < 1.29 is 19.1 Å². The minimum absolute atomic E-state index is 0.206. The van der Waals surface area contributed by atoms with Crippen molar-refractivity contribution in [2.24, 2.45) is 11.8 Å². The number of carbonyl (C=O) groups excluding carboxylic acids is 2. The van der Waals surface area contributed by atoms with Crippen LogP contribution in [0.3, 0.4) is 0 Å². The molecule has 2 rings (SSSR count). The van der Waals surface area contributed by atoms with Crippen LogP contribution >= 0.6 is 0 Å². The smallest absolute Gasteiger partial charge is 0.410 e. The molecule has 0 spiro atoms. The van der Waals surface area contributed by atoms with Gasteiger partial charge in [-0.3, -0.25) is 4.90 Å². The van der Waals surface area contributed by atoms with Gasteiger partial charge in [-0.2, -0.15) is 0 Å². The Morgan fingerprint density at radius 2 is 1.96 bits per heavy atom.